The lowest BCUT2D eigenvalue weighted by molar-refractivity contribution is 0.0950. The van der Waals surface area contributed by atoms with Crippen molar-refractivity contribution < 1.29 is 9.90 Å². The summed E-state index contributed by atoms with van der Waals surface area (Å²) in [6.07, 6.45) is 3.36. The van der Waals surface area contributed by atoms with E-state index >= 15 is 0 Å². The van der Waals surface area contributed by atoms with E-state index in [1.807, 2.05) is 22.6 Å². The first-order valence-corrected chi connectivity index (χ1v) is 5.99. The van der Waals surface area contributed by atoms with E-state index in [0.717, 1.165) is 5.56 Å². The Bertz CT molecular complexity index is 526. The summed E-state index contributed by atoms with van der Waals surface area (Å²) in [5.41, 5.74) is 1.33. The summed E-state index contributed by atoms with van der Waals surface area (Å²) in [5.74, 6) is -0.112. The van der Waals surface area contributed by atoms with E-state index < -0.39 is 0 Å². The number of carbonyl (C=O) groups is 1. The summed E-state index contributed by atoms with van der Waals surface area (Å²) >= 11 is 2.00. The second kappa shape index (κ2) is 5.17. The fourth-order valence-electron chi connectivity index (χ4n) is 1.31. The van der Waals surface area contributed by atoms with E-state index in [-0.39, 0.29) is 11.7 Å². The number of halogens is 1. The maximum atomic E-state index is 11.7. The van der Waals surface area contributed by atoms with E-state index in [9.17, 15) is 9.90 Å². The number of aromatic nitrogens is 2. The number of H-pyrrole nitrogens is 1. The molecular formula is C11H10IN3O2. The third kappa shape index (κ3) is 2.96. The molecule has 0 bridgehead atoms. The molecule has 0 saturated heterocycles. The number of aromatic hydroxyl groups is 1. The summed E-state index contributed by atoms with van der Waals surface area (Å²) in [6.45, 7) is 0.405. The van der Waals surface area contributed by atoms with Gasteiger partial charge in [0.05, 0.1) is 9.77 Å². The molecule has 5 nitrogen and oxygen atoms in total. The fraction of sp³-hybridized carbons (Fsp3) is 0.0909. The van der Waals surface area contributed by atoms with Gasteiger partial charge in [0, 0.05) is 23.9 Å². The highest BCUT2D eigenvalue weighted by Gasteiger charge is 2.07. The maximum Gasteiger partial charge on any atom is 0.251 e. The van der Waals surface area contributed by atoms with E-state index in [1.54, 1.807) is 24.5 Å². The molecule has 1 heterocycles. The van der Waals surface area contributed by atoms with E-state index in [1.165, 1.54) is 6.07 Å². The molecule has 0 fully saturated rings. The van der Waals surface area contributed by atoms with Crippen molar-refractivity contribution in [1.29, 1.82) is 0 Å². The van der Waals surface area contributed by atoms with Gasteiger partial charge >= 0.3 is 0 Å². The van der Waals surface area contributed by atoms with Crippen LogP contribution in [0.1, 0.15) is 15.9 Å². The molecule has 0 unspecified atom stereocenters. The van der Waals surface area contributed by atoms with Gasteiger partial charge in [0.25, 0.3) is 5.91 Å². The van der Waals surface area contributed by atoms with Crippen molar-refractivity contribution in [3.63, 3.8) is 0 Å². The van der Waals surface area contributed by atoms with Gasteiger partial charge in [-0.05, 0) is 40.8 Å². The minimum Gasteiger partial charge on any atom is -0.507 e. The van der Waals surface area contributed by atoms with Gasteiger partial charge in [-0.1, -0.05) is 0 Å². The van der Waals surface area contributed by atoms with Crippen LogP contribution in [0.25, 0.3) is 0 Å². The predicted octanol–water partition coefficient (Wildman–Crippen LogP) is 1.65. The van der Waals surface area contributed by atoms with Crippen molar-refractivity contribution in [2.45, 2.75) is 6.54 Å². The maximum absolute atomic E-state index is 11.7. The number of nitrogens with one attached hydrogen (secondary N) is 2. The molecule has 0 radical (unpaired) electrons. The van der Waals surface area contributed by atoms with E-state index in [4.69, 9.17) is 0 Å². The number of phenols is 1. The summed E-state index contributed by atoms with van der Waals surface area (Å²) in [7, 11) is 0. The average Bonchev–Trinajstić information content (AvgIpc) is 2.82. The highest BCUT2D eigenvalue weighted by atomic mass is 127. The monoisotopic (exact) mass is 343 g/mol. The average molecular weight is 343 g/mol. The van der Waals surface area contributed by atoms with Crippen LogP contribution in [0.4, 0.5) is 0 Å². The normalized spacial score (nSPS) is 10.2. The van der Waals surface area contributed by atoms with Crippen molar-refractivity contribution >= 4 is 28.5 Å². The number of carbonyl (C=O) groups excluding carboxylic acids is 1. The number of hydrogen-bond acceptors (Lipinski definition) is 3. The minimum absolute atomic E-state index is 0.113. The molecule has 0 spiro atoms. The van der Waals surface area contributed by atoms with Crippen LogP contribution in [0, 0.1) is 3.57 Å². The fourth-order valence-corrected chi connectivity index (χ4v) is 1.65. The lowest BCUT2D eigenvalue weighted by Crippen LogP contribution is -2.22. The highest BCUT2D eigenvalue weighted by Crippen LogP contribution is 2.20. The Morgan fingerprint density at radius 1 is 1.53 bits per heavy atom. The molecule has 17 heavy (non-hydrogen) atoms. The summed E-state index contributed by atoms with van der Waals surface area (Å²) in [6, 6.07) is 4.82. The van der Waals surface area contributed by atoms with Crippen molar-refractivity contribution in [3.8, 4) is 5.75 Å². The molecule has 0 aliphatic heterocycles. The lowest BCUT2D eigenvalue weighted by Gasteiger charge is -2.04. The van der Waals surface area contributed by atoms with Gasteiger partial charge in [-0.2, -0.15) is 5.10 Å². The van der Waals surface area contributed by atoms with Crippen molar-refractivity contribution in [2.75, 3.05) is 0 Å². The number of nitrogens with zero attached hydrogens (tertiary/aromatic N) is 1. The molecule has 0 saturated carbocycles. The lowest BCUT2D eigenvalue weighted by atomic mass is 10.2. The number of hydrogen-bond donors (Lipinski definition) is 3. The smallest absolute Gasteiger partial charge is 0.251 e. The summed E-state index contributed by atoms with van der Waals surface area (Å²) in [4.78, 5) is 11.7. The Balaban J connectivity index is 2.02. The van der Waals surface area contributed by atoms with Crippen molar-refractivity contribution in [3.05, 3.63) is 45.3 Å². The zero-order chi connectivity index (χ0) is 12.3. The number of amides is 1. The summed E-state index contributed by atoms with van der Waals surface area (Å²) < 4.78 is 0.717. The Morgan fingerprint density at radius 2 is 2.35 bits per heavy atom. The second-order valence-electron chi connectivity index (χ2n) is 3.46. The van der Waals surface area contributed by atoms with Gasteiger partial charge in [-0.25, -0.2) is 0 Å². The highest BCUT2D eigenvalue weighted by molar-refractivity contribution is 14.1. The van der Waals surface area contributed by atoms with Crippen molar-refractivity contribution in [2.24, 2.45) is 0 Å². The van der Waals surface area contributed by atoms with Gasteiger partial charge in [0.2, 0.25) is 0 Å². The summed E-state index contributed by atoms with van der Waals surface area (Å²) in [5, 5.41) is 18.7. The standard InChI is InChI=1S/C11H10IN3O2/c12-9-2-1-8(3-10(9)16)11(17)13-4-7-5-14-15-6-7/h1-3,5-6,16H,4H2,(H,13,17)(H,14,15). The topological polar surface area (TPSA) is 78.0 Å². The molecule has 88 valence electrons. The third-order valence-corrected chi connectivity index (χ3v) is 3.13. The molecule has 0 aliphatic rings. The molecule has 1 aromatic heterocycles. The van der Waals surface area contributed by atoms with Gasteiger partial charge in [-0.15, -0.1) is 0 Å². The van der Waals surface area contributed by atoms with Crippen LogP contribution in [0.2, 0.25) is 0 Å². The Morgan fingerprint density at radius 3 is 3.00 bits per heavy atom. The van der Waals surface area contributed by atoms with Crippen LogP contribution in [0.5, 0.6) is 5.75 Å². The van der Waals surface area contributed by atoms with Crippen molar-refractivity contribution in [1.82, 2.24) is 15.5 Å². The molecule has 2 aromatic rings. The number of aromatic amines is 1. The number of phenolic OH excluding ortho intramolecular Hbond substituents is 1. The second-order valence-corrected chi connectivity index (χ2v) is 4.62. The first-order chi connectivity index (χ1) is 8.16. The SMILES string of the molecule is O=C(NCc1cn[nH]c1)c1ccc(I)c(O)c1. The Hall–Kier alpha value is -1.57. The molecular weight excluding hydrogens is 333 g/mol. The van der Waals surface area contributed by atoms with Crippen LogP contribution in [0.3, 0.4) is 0 Å². The Kier molecular flexibility index (Phi) is 3.62. The predicted molar refractivity (Wildman–Crippen MR) is 70.6 cm³/mol. The van der Waals surface area contributed by atoms with Crippen LogP contribution in [-0.4, -0.2) is 21.2 Å². The van der Waals surface area contributed by atoms with Gasteiger partial charge < -0.3 is 10.4 Å². The Labute approximate surface area is 111 Å². The first-order valence-electron chi connectivity index (χ1n) is 4.91. The van der Waals surface area contributed by atoms with Crippen LogP contribution in [-0.2, 0) is 6.54 Å². The molecule has 1 aromatic carbocycles. The molecule has 0 aliphatic carbocycles. The zero-order valence-electron chi connectivity index (χ0n) is 8.77. The molecule has 3 N–H and O–H groups in total. The minimum atomic E-state index is -0.224. The van der Waals surface area contributed by atoms with E-state index in [0.29, 0.717) is 15.7 Å². The third-order valence-electron chi connectivity index (χ3n) is 2.22. The zero-order valence-corrected chi connectivity index (χ0v) is 10.9. The van der Waals surface area contributed by atoms with Crippen LogP contribution < -0.4 is 5.32 Å². The van der Waals surface area contributed by atoms with Gasteiger partial charge in [0.1, 0.15) is 5.75 Å². The largest absolute Gasteiger partial charge is 0.507 e. The van der Waals surface area contributed by atoms with Gasteiger partial charge in [0.15, 0.2) is 0 Å². The van der Waals surface area contributed by atoms with Crippen LogP contribution in [0.15, 0.2) is 30.6 Å². The first kappa shape index (κ1) is 11.9. The molecule has 1 amide bonds. The molecule has 0 atom stereocenters. The quantitative estimate of drug-likeness (QED) is 0.742. The number of benzene rings is 1. The van der Waals surface area contributed by atoms with Gasteiger partial charge in [-0.3, -0.25) is 9.89 Å². The van der Waals surface area contributed by atoms with Crippen LogP contribution >= 0.6 is 22.6 Å². The number of rotatable bonds is 3. The molecule has 6 heteroatoms. The molecule has 2 rings (SSSR count). The van der Waals surface area contributed by atoms with E-state index in [2.05, 4.69) is 15.5 Å².